The van der Waals surface area contributed by atoms with Gasteiger partial charge in [-0.05, 0) is 40.1 Å². The van der Waals surface area contributed by atoms with Gasteiger partial charge in [0, 0.05) is 13.1 Å². The molecule has 6 nitrogen and oxygen atoms in total. The highest BCUT2D eigenvalue weighted by Crippen LogP contribution is 2.15. The van der Waals surface area contributed by atoms with Crippen LogP contribution in [0.15, 0.2) is 54.6 Å². The van der Waals surface area contributed by atoms with Crippen LogP contribution in [0.25, 0.3) is 0 Å². The van der Waals surface area contributed by atoms with Crippen LogP contribution in [0.3, 0.4) is 0 Å². The number of ether oxygens (including phenoxy) is 1. The molecule has 1 aromatic heterocycles. The highest BCUT2D eigenvalue weighted by atomic mass is 16.5. The van der Waals surface area contributed by atoms with Crippen LogP contribution in [-0.2, 0) is 19.7 Å². The molecule has 0 amide bonds. The first-order valence-electron chi connectivity index (χ1n) is 8.11. The highest BCUT2D eigenvalue weighted by Gasteiger charge is 2.04. The van der Waals surface area contributed by atoms with Gasteiger partial charge in [0.25, 0.3) is 0 Å². The first-order valence-corrected chi connectivity index (χ1v) is 8.11. The SMILES string of the molecule is CCCn1nnnc1NCc1ccc(OCc2ccccc2)cc1. The molecule has 1 heterocycles. The first-order chi connectivity index (χ1) is 11.8. The van der Waals surface area contributed by atoms with Gasteiger partial charge in [0.1, 0.15) is 12.4 Å². The predicted molar refractivity (Wildman–Crippen MR) is 92.7 cm³/mol. The van der Waals surface area contributed by atoms with Gasteiger partial charge in [-0.1, -0.05) is 54.5 Å². The lowest BCUT2D eigenvalue weighted by molar-refractivity contribution is 0.306. The molecule has 6 heteroatoms. The fourth-order valence-electron chi connectivity index (χ4n) is 2.32. The van der Waals surface area contributed by atoms with E-state index in [0.717, 1.165) is 29.8 Å². The smallest absolute Gasteiger partial charge is 0.243 e. The summed E-state index contributed by atoms with van der Waals surface area (Å²) in [5.74, 6) is 1.56. The van der Waals surface area contributed by atoms with Crippen molar-refractivity contribution < 1.29 is 4.74 Å². The Balaban J connectivity index is 1.52. The summed E-state index contributed by atoms with van der Waals surface area (Å²) in [6.45, 7) is 4.15. The summed E-state index contributed by atoms with van der Waals surface area (Å²) >= 11 is 0. The fourth-order valence-corrected chi connectivity index (χ4v) is 2.32. The Bertz CT molecular complexity index is 740. The van der Waals surface area contributed by atoms with Gasteiger partial charge in [-0.25, -0.2) is 4.68 Å². The van der Waals surface area contributed by atoms with Gasteiger partial charge in [0.15, 0.2) is 0 Å². The quantitative estimate of drug-likeness (QED) is 0.689. The van der Waals surface area contributed by atoms with Gasteiger partial charge < -0.3 is 10.1 Å². The second kappa shape index (κ2) is 8.10. The van der Waals surface area contributed by atoms with Crippen LogP contribution in [0.2, 0.25) is 0 Å². The largest absolute Gasteiger partial charge is 0.489 e. The lowest BCUT2D eigenvalue weighted by Crippen LogP contribution is -2.08. The number of aromatic nitrogens is 4. The van der Waals surface area contributed by atoms with Crippen LogP contribution in [0.1, 0.15) is 24.5 Å². The molecule has 1 N–H and O–H groups in total. The van der Waals surface area contributed by atoms with Crippen molar-refractivity contribution in [2.24, 2.45) is 0 Å². The Hall–Kier alpha value is -2.89. The number of nitrogens with zero attached hydrogens (tertiary/aromatic N) is 4. The maximum Gasteiger partial charge on any atom is 0.243 e. The summed E-state index contributed by atoms with van der Waals surface area (Å²) in [4.78, 5) is 0. The van der Waals surface area contributed by atoms with Crippen LogP contribution in [0.5, 0.6) is 5.75 Å². The maximum absolute atomic E-state index is 5.79. The van der Waals surface area contributed by atoms with Crippen LogP contribution in [-0.4, -0.2) is 20.2 Å². The van der Waals surface area contributed by atoms with Gasteiger partial charge in [0.05, 0.1) is 0 Å². The number of hydrogen-bond donors (Lipinski definition) is 1. The number of hydrogen-bond acceptors (Lipinski definition) is 5. The highest BCUT2D eigenvalue weighted by molar-refractivity contribution is 5.31. The van der Waals surface area contributed by atoms with E-state index in [4.69, 9.17) is 4.74 Å². The maximum atomic E-state index is 5.79. The Kier molecular flexibility index (Phi) is 5.40. The Morgan fingerprint density at radius 1 is 1.00 bits per heavy atom. The molecule has 24 heavy (non-hydrogen) atoms. The monoisotopic (exact) mass is 323 g/mol. The standard InChI is InChI=1S/C18H21N5O/c1-2-12-23-18(20-21-22-23)19-13-15-8-10-17(11-9-15)24-14-16-6-4-3-5-7-16/h3-11H,2,12-14H2,1H3,(H,19,20,22). The molecule has 0 fully saturated rings. The summed E-state index contributed by atoms with van der Waals surface area (Å²) in [7, 11) is 0. The molecule has 0 bridgehead atoms. The average molecular weight is 323 g/mol. The van der Waals surface area contributed by atoms with E-state index < -0.39 is 0 Å². The number of nitrogens with one attached hydrogen (secondary N) is 1. The lowest BCUT2D eigenvalue weighted by atomic mass is 10.2. The first kappa shape index (κ1) is 16.0. The van der Waals surface area contributed by atoms with E-state index in [-0.39, 0.29) is 0 Å². The average Bonchev–Trinajstić information content (AvgIpc) is 3.07. The topological polar surface area (TPSA) is 64.9 Å². The van der Waals surface area contributed by atoms with Crippen molar-refractivity contribution in [3.8, 4) is 5.75 Å². The van der Waals surface area contributed by atoms with Gasteiger partial charge in [-0.3, -0.25) is 0 Å². The number of anilines is 1. The van der Waals surface area contributed by atoms with E-state index in [1.165, 1.54) is 0 Å². The van der Waals surface area contributed by atoms with Gasteiger partial charge >= 0.3 is 0 Å². The molecule has 0 aliphatic rings. The number of benzene rings is 2. The third-order valence-corrected chi connectivity index (χ3v) is 3.59. The van der Waals surface area contributed by atoms with E-state index in [2.05, 4.69) is 39.9 Å². The van der Waals surface area contributed by atoms with E-state index in [9.17, 15) is 0 Å². The second-order valence-corrected chi connectivity index (χ2v) is 5.50. The van der Waals surface area contributed by atoms with Crippen molar-refractivity contribution in [3.63, 3.8) is 0 Å². The van der Waals surface area contributed by atoms with E-state index in [1.807, 2.05) is 42.5 Å². The lowest BCUT2D eigenvalue weighted by Gasteiger charge is -2.09. The normalized spacial score (nSPS) is 10.5. The van der Waals surface area contributed by atoms with Crippen molar-refractivity contribution in [2.75, 3.05) is 5.32 Å². The molecule has 0 radical (unpaired) electrons. The Morgan fingerprint density at radius 2 is 1.79 bits per heavy atom. The number of rotatable bonds is 8. The summed E-state index contributed by atoms with van der Waals surface area (Å²) < 4.78 is 7.57. The Morgan fingerprint density at radius 3 is 2.54 bits per heavy atom. The van der Waals surface area contributed by atoms with Crippen molar-refractivity contribution in [1.82, 2.24) is 20.2 Å². The minimum Gasteiger partial charge on any atom is -0.489 e. The summed E-state index contributed by atoms with van der Waals surface area (Å²) in [5.41, 5.74) is 2.30. The van der Waals surface area contributed by atoms with E-state index in [0.29, 0.717) is 19.1 Å². The van der Waals surface area contributed by atoms with Crippen LogP contribution in [0, 0.1) is 0 Å². The molecule has 3 rings (SSSR count). The summed E-state index contributed by atoms with van der Waals surface area (Å²) in [6, 6.07) is 18.2. The van der Waals surface area contributed by atoms with Gasteiger partial charge in [0.2, 0.25) is 5.95 Å². The molecule has 124 valence electrons. The molecule has 0 saturated carbocycles. The van der Waals surface area contributed by atoms with E-state index in [1.54, 1.807) is 4.68 Å². The zero-order valence-electron chi connectivity index (χ0n) is 13.7. The molecule has 0 aliphatic carbocycles. The summed E-state index contributed by atoms with van der Waals surface area (Å²) in [6.07, 6.45) is 0.993. The molecular weight excluding hydrogens is 302 g/mol. The second-order valence-electron chi connectivity index (χ2n) is 5.50. The molecule has 0 aliphatic heterocycles. The minimum absolute atomic E-state index is 0.574. The predicted octanol–water partition coefficient (Wildman–Crippen LogP) is 3.27. The number of tetrazole rings is 1. The zero-order valence-corrected chi connectivity index (χ0v) is 13.7. The minimum atomic E-state index is 0.574. The van der Waals surface area contributed by atoms with Crippen molar-refractivity contribution >= 4 is 5.95 Å². The molecule has 0 saturated heterocycles. The van der Waals surface area contributed by atoms with Crippen LogP contribution >= 0.6 is 0 Å². The zero-order chi connectivity index (χ0) is 16.6. The molecule has 2 aromatic carbocycles. The molecule has 0 unspecified atom stereocenters. The molecule has 0 spiro atoms. The van der Waals surface area contributed by atoms with E-state index >= 15 is 0 Å². The van der Waals surface area contributed by atoms with Gasteiger partial charge in [-0.2, -0.15) is 0 Å². The van der Waals surface area contributed by atoms with Crippen molar-refractivity contribution in [3.05, 3.63) is 65.7 Å². The van der Waals surface area contributed by atoms with Crippen LogP contribution in [0.4, 0.5) is 5.95 Å². The Labute approximate surface area is 141 Å². The number of aryl methyl sites for hydroxylation is 1. The fraction of sp³-hybridized carbons (Fsp3) is 0.278. The molecular formula is C18H21N5O. The molecule has 0 atom stereocenters. The van der Waals surface area contributed by atoms with Gasteiger partial charge in [-0.15, -0.1) is 0 Å². The van der Waals surface area contributed by atoms with Crippen molar-refractivity contribution in [1.29, 1.82) is 0 Å². The van der Waals surface area contributed by atoms with Crippen LogP contribution < -0.4 is 10.1 Å². The summed E-state index contributed by atoms with van der Waals surface area (Å²) in [5, 5.41) is 14.9. The third-order valence-electron chi connectivity index (χ3n) is 3.59. The third kappa shape index (κ3) is 4.32. The molecule has 3 aromatic rings. The van der Waals surface area contributed by atoms with Crippen molar-refractivity contribution in [2.45, 2.75) is 33.0 Å².